The molecule has 2 atom stereocenters. The number of amidine groups is 1. The summed E-state index contributed by atoms with van der Waals surface area (Å²) < 4.78 is 0. The van der Waals surface area contributed by atoms with E-state index < -0.39 is 0 Å². The fraction of sp³-hybridized carbons (Fsp3) is 0.423. The molecule has 8 nitrogen and oxygen atoms in total. The third kappa shape index (κ3) is 5.68. The van der Waals surface area contributed by atoms with E-state index in [1.165, 1.54) is 0 Å². The predicted molar refractivity (Wildman–Crippen MR) is 136 cm³/mol. The Kier molecular flexibility index (Phi) is 7.67. The number of rotatable bonds is 8. The molecule has 2 heterocycles. The fourth-order valence-corrected chi connectivity index (χ4v) is 4.28. The molecule has 2 aromatic heterocycles. The molecule has 0 spiro atoms. The van der Waals surface area contributed by atoms with E-state index in [2.05, 4.69) is 38.6 Å². The van der Waals surface area contributed by atoms with E-state index in [4.69, 9.17) is 10.7 Å². The fourth-order valence-electron chi connectivity index (χ4n) is 4.28. The van der Waals surface area contributed by atoms with Crippen LogP contribution in [0.4, 0.5) is 5.82 Å². The van der Waals surface area contributed by atoms with Crippen molar-refractivity contribution in [2.24, 2.45) is 10.7 Å². The Balaban J connectivity index is 1.64. The summed E-state index contributed by atoms with van der Waals surface area (Å²) in [5, 5.41) is 7.43. The van der Waals surface area contributed by atoms with Crippen molar-refractivity contribution in [2.45, 2.75) is 64.5 Å². The quantitative estimate of drug-likeness (QED) is 0.266. The van der Waals surface area contributed by atoms with Crippen molar-refractivity contribution >= 4 is 28.5 Å². The summed E-state index contributed by atoms with van der Waals surface area (Å²) in [6.45, 7) is 4.74. The molecule has 1 aromatic carbocycles. The minimum atomic E-state index is -0.253. The second-order valence-corrected chi connectivity index (χ2v) is 8.86. The van der Waals surface area contributed by atoms with Crippen LogP contribution >= 0.6 is 0 Å². The van der Waals surface area contributed by atoms with Gasteiger partial charge in [0.05, 0.1) is 11.6 Å². The summed E-state index contributed by atoms with van der Waals surface area (Å²) in [6.07, 6.45) is 7.71. The number of nitrogens with zero attached hydrogens (tertiary/aromatic N) is 4. The highest BCUT2D eigenvalue weighted by Gasteiger charge is 2.27. The van der Waals surface area contributed by atoms with Crippen molar-refractivity contribution in [2.75, 3.05) is 11.9 Å². The second kappa shape index (κ2) is 11.0. The third-order valence-electron chi connectivity index (χ3n) is 6.15. The number of fused-ring (bicyclic) bond motifs is 1. The zero-order chi connectivity index (χ0) is 23.9. The Labute approximate surface area is 200 Å². The Morgan fingerprint density at radius 2 is 2.03 bits per heavy atom. The molecule has 4 rings (SSSR count). The van der Waals surface area contributed by atoms with Crippen LogP contribution < -0.4 is 16.4 Å². The summed E-state index contributed by atoms with van der Waals surface area (Å²) in [5.41, 5.74) is 8.83. The lowest BCUT2D eigenvalue weighted by Crippen LogP contribution is -2.37. The van der Waals surface area contributed by atoms with Crippen molar-refractivity contribution in [3.63, 3.8) is 0 Å². The molecule has 0 bridgehead atoms. The number of hydrogen-bond donors (Lipinski definition) is 3. The number of nitrogens with one attached hydrogen (secondary N) is 2. The molecule has 0 unspecified atom stereocenters. The molecule has 1 fully saturated rings. The van der Waals surface area contributed by atoms with Gasteiger partial charge < -0.3 is 16.4 Å². The van der Waals surface area contributed by atoms with Crippen LogP contribution in [0, 0.1) is 6.92 Å². The molecule has 0 radical (unpaired) electrons. The SMILES string of the molecule is CCCCNC(=O)c1nc(N[C@H]2CCCC[C@H]2N=C(N)c2ccccn2)c2cc(C)ccc2n1. The van der Waals surface area contributed by atoms with Crippen molar-refractivity contribution in [1.82, 2.24) is 20.3 Å². The van der Waals surface area contributed by atoms with Gasteiger partial charge in [0, 0.05) is 24.2 Å². The minimum absolute atomic E-state index is 0.00703. The molecule has 1 amide bonds. The molecular formula is C26H33N7O. The summed E-state index contributed by atoms with van der Waals surface area (Å²) in [4.78, 5) is 31.1. The van der Waals surface area contributed by atoms with Gasteiger partial charge in [-0.05, 0) is 50.5 Å². The lowest BCUT2D eigenvalue weighted by molar-refractivity contribution is 0.0943. The predicted octanol–water partition coefficient (Wildman–Crippen LogP) is 3.99. The Bertz CT molecular complexity index is 1160. The normalized spacial score (nSPS) is 18.6. The number of unbranched alkanes of at least 4 members (excludes halogenated alkanes) is 1. The molecule has 1 saturated carbocycles. The maximum atomic E-state index is 12.7. The van der Waals surface area contributed by atoms with Crippen molar-refractivity contribution in [1.29, 1.82) is 0 Å². The van der Waals surface area contributed by atoms with Crippen LogP contribution in [0.25, 0.3) is 10.9 Å². The van der Waals surface area contributed by atoms with Crippen LogP contribution in [0.2, 0.25) is 0 Å². The molecule has 8 heteroatoms. The van der Waals surface area contributed by atoms with Crippen LogP contribution in [-0.2, 0) is 0 Å². The van der Waals surface area contributed by atoms with E-state index in [0.29, 0.717) is 23.9 Å². The third-order valence-corrected chi connectivity index (χ3v) is 6.15. The number of amides is 1. The van der Waals surface area contributed by atoms with Crippen molar-refractivity contribution < 1.29 is 4.79 Å². The summed E-state index contributed by atoms with van der Waals surface area (Å²) >= 11 is 0. The number of carbonyl (C=O) groups excluding carboxylic acids is 1. The maximum Gasteiger partial charge on any atom is 0.289 e. The van der Waals surface area contributed by atoms with Crippen LogP contribution in [-0.4, -0.2) is 45.3 Å². The zero-order valence-corrected chi connectivity index (χ0v) is 19.9. The monoisotopic (exact) mass is 459 g/mol. The van der Waals surface area contributed by atoms with E-state index in [-0.39, 0.29) is 23.8 Å². The van der Waals surface area contributed by atoms with E-state index in [0.717, 1.165) is 55.0 Å². The summed E-state index contributed by atoms with van der Waals surface area (Å²) in [5.74, 6) is 1.03. The second-order valence-electron chi connectivity index (χ2n) is 8.86. The molecule has 3 aromatic rings. The molecule has 0 saturated heterocycles. The number of anilines is 1. The topological polar surface area (TPSA) is 118 Å². The maximum absolute atomic E-state index is 12.7. The number of benzene rings is 1. The van der Waals surface area contributed by atoms with Gasteiger partial charge in [0.25, 0.3) is 5.91 Å². The molecule has 4 N–H and O–H groups in total. The minimum Gasteiger partial charge on any atom is -0.382 e. The Morgan fingerprint density at radius 3 is 2.82 bits per heavy atom. The van der Waals surface area contributed by atoms with Crippen LogP contribution in [0.1, 0.15) is 67.3 Å². The van der Waals surface area contributed by atoms with Gasteiger partial charge in [-0.1, -0.05) is 43.9 Å². The molecule has 0 aliphatic heterocycles. The standard InChI is InChI=1S/C26H33N7O/c1-3-4-14-29-26(34)25-31-19-13-12-17(2)16-18(19)24(33-25)32-21-10-6-5-9-20(21)30-23(27)22-11-7-8-15-28-22/h7-8,11-13,15-16,20-21H,3-6,9-10,14H2,1-2H3,(H2,27,30)(H,29,34)(H,31,32,33)/t20-,21+/m1/s1. The van der Waals surface area contributed by atoms with Crippen LogP contribution in [0.3, 0.4) is 0 Å². The highest BCUT2D eigenvalue weighted by molar-refractivity contribution is 5.97. The highest BCUT2D eigenvalue weighted by Crippen LogP contribution is 2.28. The largest absolute Gasteiger partial charge is 0.382 e. The summed E-state index contributed by atoms with van der Waals surface area (Å²) in [6, 6.07) is 11.7. The number of hydrogen-bond acceptors (Lipinski definition) is 6. The number of nitrogens with two attached hydrogens (primary N) is 1. The van der Waals surface area contributed by atoms with Crippen molar-refractivity contribution in [3.8, 4) is 0 Å². The lowest BCUT2D eigenvalue weighted by Gasteiger charge is -2.30. The van der Waals surface area contributed by atoms with Gasteiger partial charge in [0.1, 0.15) is 17.3 Å². The van der Waals surface area contributed by atoms with Gasteiger partial charge in [-0.3, -0.25) is 14.8 Å². The van der Waals surface area contributed by atoms with E-state index in [9.17, 15) is 4.79 Å². The smallest absolute Gasteiger partial charge is 0.289 e. The number of pyridine rings is 1. The number of carbonyl (C=O) groups is 1. The van der Waals surface area contributed by atoms with E-state index in [1.807, 2.05) is 37.3 Å². The van der Waals surface area contributed by atoms with Crippen LogP contribution in [0.5, 0.6) is 0 Å². The Hall–Kier alpha value is -3.55. The number of aryl methyl sites for hydroxylation is 1. The van der Waals surface area contributed by atoms with Gasteiger partial charge in [-0.2, -0.15) is 0 Å². The number of aliphatic imine (C=N–C) groups is 1. The first kappa shape index (κ1) is 23.6. The lowest BCUT2D eigenvalue weighted by atomic mass is 9.90. The van der Waals surface area contributed by atoms with E-state index >= 15 is 0 Å². The molecule has 178 valence electrons. The first-order valence-corrected chi connectivity index (χ1v) is 12.1. The number of aromatic nitrogens is 3. The molecule has 34 heavy (non-hydrogen) atoms. The average Bonchev–Trinajstić information content (AvgIpc) is 2.86. The summed E-state index contributed by atoms with van der Waals surface area (Å²) in [7, 11) is 0. The zero-order valence-electron chi connectivity index (χ0n) is 19.9. The van der Waals surface area contributed by atoms with E-state index in [1.54, 1.807) is 6.20 Å². The molecule has 1 aliphatic carbocycles. The highest BCUT2D eigenvalue weighted by atomic mass is 16.2. The van der Waals surface area contributed by atoms with Gasteiger partial charge >= 0.3 is 0 Å². The average molecular weight is 460 g/mol. The van der Waals surface area contributed by atoms with Crippen molar-refractivity contribution in [3.05, 3.63) is 59.7 Å². The van der Waals surface area contributed by atoms with Gasteiger partial charge in [-0.15, -0.1) is 0 Å². The molecular weight excluding hydrogens is 426 g/mol. The first-order chi connectivity index (χ1) is 16.5. The van der Waals surface area contributed by atoms with Gasteiger partial charge in [0.2, 0.25) is 5.82 Å². The van der Waals surface area contributed by atoms with Gasteiger partial charge in [0.15, 0.2) is 0 Å². The first-order valence-electron chi connectivity index (χ1n) is 12.1. The van der Waals surface area contributed by atoms with Gasteiger partial charge in [-0.25, -0.2) is 9.97 Å². The van der Waals surface area contributed by atoms with Crippen LogP contribution in [0.15, 0.2) is 47.6 Å². The Morgan fingerprint density at radius 1 is 1.18 bits per heavy atom. The molecule has 1 aliphatic rings.